The summed E-state index contributed by atoms with van der Waals surface area (Å²) < 4.78 is 10.2. The van der Waals surface area contributed by atoms with Gasteiger partial charge in [-0.25, -0.2) is 4.79 Å². The van der Waals surface area contributed by atoms with Crippen LogP contribution in [-0.2, 0) is 28.7 Å². The van der Waals surface area contributed by atoms with E-state index in [-0.39, 0.29) is 31.0 Å². The monoisotopic (exact) mass is 470 g/mol. The lowest BCUT2D eigenvalue weighted by atomic mass is 10.1. The first-order valence-electron chi connectivity index (χ1n) is 9.28. The minimum absolute atomic E-state index is 0.150. The maximum atomic E-state index is 12.4. The summed E-state index contributed by atoms with van der Waals surface area (Å²) in [5.74, 6) is -3.23. The van der Waals surface area contributed by atoms with Gasteiger partial charge in [-0.05, 0) is 12.1 Å². The van der Waals surface area contributed by atoms with Crippen molar-refractivity contribution < 1.29 is 38.6 Å². The maximum absolute atomic E-state index is 12.4. The fourth-order valence-corrected chi connectivity index (χ4v) is 4.62. The van der Waals surface area contributed by atoms with Gasteiger partial charge in [0.1, 0.15) is 17.2 Å². The minimum Gasteiger partial charge on any atom is -0.484 e. The molecule has 2 fully saturated rings. The molecule has 12 heteroatoms. The number of hydrogen-bond acceptors (Lipinski definition) is 8. The lowest BCUT2D eigenvalue weighted by molar-refractivity contribution is -0.157. The van der Waals surface area contributed by atoms with Gasteiger partial charge in [0.25, 0.3) is 11.8 Å². The Morgan fingerprint density at radius 1 is 1.29 bits per heavy atom. The number of nitrogens with one attached hydrogen (secondary N) is 1. The summed E-state index contributed by atoms with van der Waals surface area (Å²) in [6, 6.07) is 7.51. The second-order valence-corrected chi connectivity index (χ2v) is 8.27. The van der Waals surface area contributed by atoms with Crippen LogP contribution < -0.4 is 10.1 Å². The smallest absolute Gasteiger partial charge is 0.342 e. The Morgan fingerprint density at radius 3 is 2.61 bits per heavy atom. The summed E-state index contributed by atoms with van der Waals surface area (Å²) in [6.07, 6.45) is -0.434. The van der Waals surface area contributed by atoms with Gasteiger partial charge in [0, 0.05) is 12.8 Å². The number of carbonyl (C=O) groups is 5. The molecule has 10 nitrogen and oxygen atoms in total. The van der Waals surface area contributed by atoms with E-state index in [0.717, 1.165) is 16.7 Å². The number of alkyl halides is 1. The first-order valence-corrected chi connectivity index (χ1v) is 10.8. The Balaban J connectivity index is 1.59. The van der Waals surface area contributed by atoms with Crippen molar-refractivity contribution in [1.82, 2.24) is 10.2 Å². The van der Waals surface area contributed by atoms with E-state index in [0.29, 0.717) is 5.75 Å². The molecule has 0 aliphatic carbocycles. The standard InChI is InChI=1S/C19H19ClN2O8S/c20-16(19(27)28)22-17(26)15(21-13(24)8-29-10-4-2-1-3-5-10)18(22)31-9-11(23)12-6-7-14(25)30-12/h1-5,12,15-16,18H,6-9H2,(H,21,24)(H,27,28)/t12-,15+,16?,18+/m0/s1. The third-order valence-electron chi connectivity index (χ3n) is 4.60. The molecule has 1 unspecified atom stereocenters. The van der Waals surface area contributed by atoms with E-state index in [9.17, 15) is 24.0 Å². The van der Waals surface area contributed by atoms with Gasteiger partial charge in [0.05, 0.1) is 5.75 Å². The summed E-state index contributed by atoms with van der Waals surface area (Å²) in [7, 11) is 0. The SMILES string of the molecule is O=C(COc1ccccc1)N[C@@H]1C(=O)N(C(Cl)C(=O)O)[C@@H]1SCC(=O)[C@@H]1CCC(=O)O1. The highest BCUT2D eigenvalue weighted by Gasteiger charge is 2.53. The molecule has 0 saturated carbocycles. The van der Waals surface area contributed by atoms with Crippen molar-refractivity contribution in [3.63, 3.8) is 0 Å². The number of para-hydroxylation sites is 1. The molecular weight excluding hydrogens is 452 g/mol. The van der Waals surface area contributed by atoms with E-state index >= 15 is 0 Å². The van der Waals surface area contributed by atoms with E-state index in [1.807, 2.05) is 0 Å². The zero-order chi connectivity index (χ0) is 22.5. The van der Waals surface area contributed by atoms with Crippen LogP contribution in [0.25, 0.3) is 0 Å². The molecule has 2 heterocycles. The van der Waals surface area contributed by atoms with Gasteiger partial charge in [-0.3, -0.25) is 24.1 Å². The third-order valence-corrected chi connectivity index (χ3v) is 6.29. The average molecular weight is 471 g/mol. The van der Waals surface area contributed by atoms with Crippen molar-refractivity contribution in [3.8, 4) is 5.75 Å². The minimum atomic E-state index is -1.65. The number of halogens is 1. The number of carboxylic acid groups (broad SMARTS) is 1. The van der Waals surface area contributed by atoms with Gasteiger partial charge in [-0.1, -0.05) is 29.8 Å². The van der Waals surface area contributed by atoms with Gasteiger partial charge in [-0.15, -0.1) is 11.8 Å². The summed E-state index contributed by atoms with van der Waals surface area (Å²) in [4.78, 5) is 60.2. The Hall–Kier alpha value is -2.79. The van der Waals surface area contributed by atoms with Crippen LogP contribution in [0, 0.1) is 0 Å². The molecule has 3 rings (SSSR count). The van der Waals surface area contributed by atoms with E-state index in [2.05, 4.69) is 5.32 Å². The highest BCUT2D eigenvalue weighted by Crippen LogP contribution is 2.34. The number of cyclic esters (lactones) is 1. The van der Waals surface area contributed by atoms with Gasteiger partial charge in [0.15, 0.2) is 18.5 Å². The average Bonchev–Trinajstić information content (AvgIpc) is 3.19. The number of carbonyl (C=O) groups excluding carboxylic acids is 4. The van der Waals surface area contributed by atoms with Crippen LogP contribution >= 0.6 is 23.4 Å². The number of Topliss-reactive ketones (excluding diaryl/α,β-unsaturated/α-hetero) is 1. The zero-order valence-corrected chi connectivity index (χ0v) is 17.6. The van der Waals surface area contributed by atoms with Crippen LogP contribution in [-0.4, -0.2) is 74.9 Å². The van der Waals surface area contributed by atoms with E-state index in [4.69, 9.17) is 26.2 Å². The molecule has 2 aliphatic heterocycles. The number of ketones is 1. The Kier molecular flexibility index (Phi) is 7.39. The second-order valence-electron chi connectivity index (χ2n) is 6.75. The number of thioether (sulfide) groups is 1. The Bertz CT molecular complexity index is 883. The quantitative estimate of drug-likeness (QED) is 0.215. The molecule has 0 bridgehead atoms. The van der Waals surface area contributed by atoms with Crippen molar-refractivity contribution in [1.29, 1.82) is 0 Å². The second kappa shape index (κ2) is 10.0. The van der Waals surface area contributed by atoms with E-state index in [1.165, 1.54) is 0 Å². The number of β-lactam (4-membered cyclic amide) rings is 1. The van der Waals surface area contributed by atoms with Gasteiger partial charge >= 0.3 is 11.9 Å². The number of esters is 1. The van der Waals surface area contributed by atoms with Crippen molar-refractivity contribution in [2.24, 2.45) is 0 Å². The highest BCUT2D eigenvalue weighted by atomic mass is 35.5. The van der Waals surface area contributed by atoms with Gasteiger partial charge in [-0.2, -0.15) is 0 Å². The number of ether oxygens (including phenoxy) is 2. The molecule has 2 N–H and O–H groups in total. The predicted octanol–water partition coefficient (Wildman–Crippen LogP) is 0.376. The molecule has 1 aromatic rings. The van der Waals surface area contributed by atoms with Crippen molar-refractivity contribution in [2.75, 3.05) is 12.4 Å². The van der Waals surface area contributed by atoms with Crippen LogP contribution in [0.3, 0.4) is 0 Å². The summed E-state index contributed by atoms with van der Waals surface area (Å²) in [5, 5.41) is 10.7. The molecule has 1 aromatic carbocycles. The van der Waals surface area contributed by atoms with Crippen molar-refractivity contribution >= 4 is 52.9 Å². The number of carboxylic acids is 1. The molecule has 166 valence electrons. The van der Waals surface area contributed by atoms with Crippen LogP contribution in [0.1, 0.15) is 12.8 Å². The maximum Gasteiger partial charge on any atom is 0.342 e. The van der Waals surface area contributed by atoms with E-state index < -0.39 is 46.8 Å². The molecule has 31 heavy (non-hydrogen) atoms. The summed E-state index contributed by atoms with van der Waals surface area (Å²) in [5.41, 5.74) is -1.65. The van der Waals surface area contributed by atoms with Gasteiger partial charge in [0.2, 0.25) is 5.50 Å². The fraction of sp³-hybridized carbons (Fsp3) is 0.421. The predicted molar refractivity (Wildman–Crippen MR) is 108 cm³/mol. The zero-order valence-electron chi connectivity index (χ0n) is 16.1. The fourth-order valence-electron chi connectivity index (χ4n) is 3.05. The van der Waals surface area contributed by atoms with Gasteiger partial charge < -0.3 is 19.9 Å². The number of hydrogen-bond donors (Lipinski definition) is 2. The first-order chi connectivity index (χ1) is 14.8. The number of likely N-dealkylation sites (tertiary alicyclic amines) is 1. The van der Waals surface area contributed by atoms with Crippen molar-refractivity contribution in [3.05, 3.63) is 30.3 Å². The van der Waals surface area contributed by atoms with E-state index in [1.54, 1.807) is 30.3 Å². The number of nitrogens with zero attached hydrogens (tertiary/aromatic N) is 1. The molecule has 0 aromatic heterocycles. The molecule has 2 amide bonds. The van der Waals surface area contributed by atoms with Crippen LogP contribution in [0.5, 0.6) is 5.75 Å². The van der Waals surface area contributed by atoms with Crippen molar-refractivity contribution in [2.45, 2.75) is 35.9 Å². The molecular formula is C19H19ClN2O8S. The largest absolute Gasteiger partial charge is 0.484 e. The lowest BCUT2D eigenvalue weighted by Gasteiger charge is -2.47. The number of rotatable bonds is 10. The summed E-state index contributed by atoms with van der Waals surface area (Å²) >= 11 is 6.75. The molecule has 0 spiro atoms. The normalized spacial score (nSPS) is 23.5. The van der Waals surface area contributed by atoms with Crippen LogP contribution in [0.15, 0.2) is 30.3 Å². The molecule has 2 aliphatic rings. The molecule has 0 radical (unpaired) electrons. The molecule has 4 atom stereocenters. The molecule has 2 saturated heterocycles. The topological polar surface area (TPSA) is 139 Å². The first kappa shape index (κ1) is 22.9. The lowest BCUT2D eigenvalue weighted by Crippen LogP contribution is -2.72. The van der Waals surface area contributed by atoms with Crippen LogP contribution in [0.4, 0.5) is 0 Å². The highest BCUT2D eigenvalue weighted by molar-refractivity contribution is 8.00. The van der Waals surface area contributed by atoms with Crippen LogP contribution in [0.2, 0.25) is 0 Å². The Morgan fingerprint density at radius 2 is 2.00 bits per heavy atom. The number of amides is 2. The Labute approximate surface area is 186 Å². The summed E-state index contributed by atoms with van der Waals surface area (Å²) in [6.45, 7) is -0.356. The number of benzene rings is 1. The number of aliphatic carboxylic acids is 1. The third kappa shape index (κ3) is 5.47.